The van der Waals surface area contributed by atoms with Crippen molar-refractivity contribution in [3.8, 4) is 5.75 Å². The van der Waals surface area contributed by atoms with Gasteiger partial charge in [0.05, 0.1) is 0 Å². The quantitative estimate of drug-likeness (QED) is 0.787. The maximum atomic E-state index is 5.74. The van der Waals surface area contributed by atoms with Gasteiger partial charge in [-0.1, -0.05) is 30.3 Å². The average Bonchev–Trinajstić information content (AvgIpc) is 2.85. The maximum absolute atomic E-state index is 5.74. The van der Waals surface area contributed by atoms with Crippen molar-refractivity contribution in [2.24, 2.45) is 0 Å². The molecular formula is C14H17NO3. The molecule has 0 radical (unpaired) electrons. The van der Waals surface area contributed by atoms with Crippen molar-refractivity contribution in [1.29, 1.82) is 0 Å². The Hall–Kier alpha value is -1.81. The monoisotopic (exact) mass is 247 g/mol. The lowest BCUT2D eigenvalue weighted by molar-refractivity contribution is 0.155. The van der Waals surface area contributed by atoms with Gasteiger partial charge >= 0.3 is 0 Å². The molecule has 0 aliphatic carbocycles. The first kappa shape index (κ1) is 12.6. The predicted octanol–water partition coefficient (Wildman–Crippen LogP) is 2.96. The SMILES string of the molecule is CCc1ccccc1OCc1cc(COC)on1. The molecule has 1 aromatic carbocycles. The molecule has 2 rings (SSSR count). The van der Waals surface area contributed by atoms with E-state index in [0.717, 1.165) is 17.9 Å². The fourth-order valence-corrected chi connectivity index (χ4v) is 1.72. The standard InChI is InChI=1S/C14H17NO3/c1-3-11-6-4-5-7-14(11)17-9-12-8-13(10-16-2)18-15-12/h4-8H,3,9-10H2,1-2H3. The van der Waals surface area contributed by atoms with Crippen LogP contribution in [0.15, 0.2) is 34.9 Å². The van der Waals surface area contributed by atoms with Crippen LogP contribution in [-0.2, 0) is 24.4 Å². The number of nitrogens with zero attached hydrogens (tertiary/aromatic N) is 1. The summed E-state index contributed by atoms with van der Waals surface area (Å²) in [6.07, 6.45) is 0.948. The predicted molar refractivity (Wildman–Crippen MR) is 67.4 cm³/mol. The van der Waals surface area contributed by atoms with E-state index in [4.69, 9.17) is 14.0 Å². The first-order chi connectivity index (χ1) is 8.83. The lowest BCUT2D eigenvalue weighted by Crippen LogP contribution is -1.98. The Bertz CT molecular complexity index is 493. The van der Waals surface area contributed by atoms with E-state index in [0.29, 0.717) is 19.0 Å². The highest BCUT2D eigenvalue weighted by Gasteiger charge is 2.06. The average molecular weight is 247 g/mol. The van der Waals surface area contributed by atoms with Crippen LogP contribution < -0.4 is 4.74 Å². The number of ether oxygens (including phenoxy) is 2. The highest BCUT2D eigenvalue weighted by Crippen LogP contribution is 2.19. The summed E-state index contributed by atoms with van der Waals surface area (Å²) < 4.78 is 15.8. The van der Waals surface area contributed by atoms with Gasteiger partial charge in [-0.15, -0.1) is 0 Å². The van der Waals surface area contributed by atoms with E-state index in [1.54, 1.807) is 7.11 Å². The zero-order valence-electron chi connectivity index (χ0n) is 10.7. The summed E-state index contributed by atoms with van der Waals surface area (Å²) in [5, 5.41) is 3.93. The van der Waals surface area contributed by atoms with Crippen molar-refractivity contribution in [2.75, 3.05) is 7.11 Å². The summed E-state index contributed by atoms with van der Waals surface area (Å²) in [6, 6.07) is 9.85. The normalized spacial score (nSPS) is 10.6. The summed E-state index contributed by atoms with van der Waals surface area (Å²) in [7, 11) is 1.62. The smallest absolute Gasteiger partial charge is 0.162 e. The van der Waals surface area contributed by atoms with Crippen LogP contribution in [0.4, 0.5) is 0 Å². The van der Waals surface area contributed by atoms with Gasteiger partial charge in [0.15, 0.2) is 5.76 Å². The molecule has 0 aliphatic heterocycles. The Morgan fingerprint density at radius 3 is 2.83 bits per heavy atom. The molecule has 4 heteroatoms. The van der Waals surface area contributed by atoms with Crippen LogP contribution in [0.2, 0.25) is 0 Å². The number of para-hydroxylation sites is 1. The molecule has 0 N–H and O–H groups in total. The molecule has 0 spiro atoms. The number of benzene rings is 1. The molecule has 0 bridgehead atoms. The van der Waals surface area contributed by atoms with Crippen molar-refractivity contribution >= 4 is 0 Å². The zero-order valence-corrected chi connectivity index (χ0v) is 10.7. The van der Waals surface area contributed by atoms with Gasteiger partial charge in [0, 0.05) is 13.2 Å². The minimum atomic E-state index is 0.407. The summed E-state index contributed by atoms with van der Waals surface area (Å²) in [5.74, 6) is 1.61. The van der Waals surface area contributed by atoms with Crippen LogP contribution in [-0.4, -0.2) is 12.3 Å². The summed E-state index contributed by atoms with van der Waals surface area (Å²) >= 11 is 0. The molecule has 2 aromatic rings. The highest BCUT2D eigenvalue weighted by molar-refractivity contribution is 5.33. The molecule has 0 unspecified atom stereocenters. The van der Waals surface area contributed by atoms with Gasteiger partial charge in [-0.25, -0.2) is 0 Å². The van der Waals surface area contributed by atoms with E-state index >= 15 is 0 Å². The fraction of sp³-hybridized carbons (Fsp3) is 0.357. The number of aromatic nitrogens is 1. The van der Waals surface area contributed by atoms with E-state index in [1.807, 2.05) is 24.3 Å². The van der Waals surface area contributed by atoms with Gasteiger partial charge in [0.1, 0.15) is 24.7 Å². The van der Waals surface area contributed by atoms with Gasteiger partial charge in [0.2, 0.25) is 0 Å². The third kappa shape index (κ3) is 3.11. The summed E-state index contributed by atoms with van der Waals surface area (Å²) in [5.41, 5.74) is 1.96. The summed E-state index contributed by atoms with van der Waals surface area (Å²) in [4.78, 5) is 0. The Balaban J connectivity index is 1.97. The molecular weight excluding hydrogens is 230 g/mol. The highest BCUT2D eigenvalue weighted by atomic mass is 16.5. The van der Waals surface area contributed by atoms with Crippen molar-refractivity contribution in [1.82, 2.24) is 5.16 Å². The van der Waals surface area contributed by atoms with Crippen molar-refractivity contribution in [3.63, 3.8) is 0 Å². The van der Waals surface area contributed by atoms with Crippen molar-refractivity contribution < 1.29 is 14.0 Å². The van der Waals surface area contributed by atoms with Gasteiger partial charge in [-0.2, -0.15) is 0 Å². The Labute approximate surface area is 107 Å². The second-order valence-corrected chi connectivity index (χ2v) is 3.97. The van der Waals surface area contributed by atoms with Crippen LogP contribution in [0, 0.1) is 0 Å². The van der Waals surface area contributed by atoms with Crippen LogP contribution in [0.25, 0.3) is 0 Å². The number of aryl methyl sites for hydroxylation is 1. The van der Waals surface area contributed by atoms with Crippen LogP contribution in [0.3, 0.4) is 0 Å². The van der Waals surface area contributed by atoms with Gasteiger partial charge < -0.3 is 14.0 Å². The first-order valence-electron chi connectivity index (χ1n) is 5.97. The zero-order chi connectivity index (χ0) is 12.8. The van der Waals surface area contributed by atoms with Crippen LogP contribution in [0.5, 0.6) is 5.75 Å². The topological polar surface area (TPSA) is 44.5 Å². The van der Waals surface area contributed by atoms with Gasteiger partial charge in [-0.3, -0.25) is 0 Å². The first-order valence-corrected chi connectivity index (χ1v) is 5.97. The number of methoxy groups -OCH3 is 1. The van der Waals surface area contributed by atoms with E-state index in [2.05, 4.69) is 18.1 Å². The molecule has 0 saturated carbocycles. The molecule has 0 fully saturated rings. The summed E-state index contributed by atoms with van der Waals surface area (Å²) in [6.45, 7) is 2.94. The second-order valence-electron chi connectivity index (χ2n) is 3.97. The van der Waals surface area contributed by atoms with E-state index in [-0.39, 0.29) is 0 Å². The number of hydrogen-bond acceptors (Lipinski definition) is 4. The Kier molecular flexibility index (Phi) is 4.36. The second kappa shape index (κ2) is 6.21. The minimum absolute atomic E-state index is 0.407. The molecule has 18 heavy (non-hydrogen) atoms. The molecule has 0 aliphatic rings. The largest absolute Gasteiger partial charge is 0.487 e. The molecule has 0 amide bonds. The lowest BCUT2D eigenvalue weighted by Gasteiger charge is -2.08. The number of hydrogen-bond donors (Lipinski definition) is 0. The van der Waals surface area contributed by atoms with Crippen LogP contribution >= 0.6 is 0 Å². The maximum Gasteiger partial charge on any atom is 0.162 e. The minimum Gasteiger partial charge on any atom is -0.487 e. The molecule has 0 saturated heterocycles. The van der Waals surface area contributed by atoms with Crippen molar-refractivity contribution in [3.05, 3.63) is 47.3 Å². The Morgan fingerprint density at radius 2 is 2.06 bits per heavy atom. The molecule has 1 aromatic heterocycles. The third-order valence-electron chi connectivity index (χ3n) is 2.62. The molecule has 4 nitrogen and oxygen atoms in total. The lowest BCUT2D eigenvalue weighted by atomic mass is 10.1. The van der Waals surface area contributed by atoms with Crippen molar-refractivity contribution in [2.45, 2.75) is 26.6 Å². The van der Waals surface area contributed by atoms with Gasteiger partial charge in [-0.05, 0) is 18.1 Å². The van der Waals surface area contributed by atoms with E-state index in [1.165, 1.54) is 5.56 Å². The van der Waals surface area contributed by atoms with E-state index in [9.17, 15) is 0 Å². The molecule has 0 atom stereocenters. The molecule has 1 heterocycles. The van der Waals surface area contributed by atoms with E-state index < -0.39 is 0 Å². The van der Waals surface area contributed by atoms with Crippen LogP contribution in [0.1, 0.15) is 23.9 Å². The van der Waals surface area contributed by atoms with Gasteiger partial charge in [0.25, 0.3) is 0 Å². The fourth-order valence-electron chi connectivity index (χ4n) is 1.72. The number of rotatable bonds is 6. The molecule has 96 valence electrons. The third-order valence-corrected chi connectivity index (χ3v) is 2.62. The Morgan fingerprint density at radius 1 is 1.22 bits per heavy atom.